The number of nitro groups is 1. The van der Waals surface area contributed by atoms with Crippen molar-refractivity contribution in [3.8, 4) is 11.1 Å². The number of aromatic amines is 1. The number of nitrogens with one attached hydrogen (secondary N) is 1. The van der Waals surface area contributed by atoms with Gasteiger partial charge in [0.15, 0.2) is 5.78 Å². The minimum Gasteiger partial charge on any atom is -0.333 e. The molecule has 0 fully saturated rings. The number of nitro benzene ring substituents is 1. The lowest BCUT2D eigenvalue weighted by Crippen LogP contribution is -2.13. The summed E-state index contributed by atoms with van der Waals surface area (Å²) in [5.74, 6) is -0.917. The van der Waals surface area contributed by atoms with Crippen molar-refractivity contribution < 1.29 is 14.1 Å². The predicted molar refractivity (Wildman–Crippen MR) is 120 cm³/mol. The zero-order valence-corrected chi connectivity index (χ0v) is 17.5. The molecule has 0 saturated carbocycles. The third-order valence-electron chi connectivity index (χ3n) is 5.53. The van der Waals surface area contributed by atoms with Crippen LogP contribution in [-0.2, 0) is 13.0 Å². The SMILES string of the molecule is CCc1ccc2c(c1)c(-c1ccc[nH]c1=O)c(C(C)=O)n2Cc1cc([N+](=O)[O-])ccc1F. The Bertz CT molecular complexity index is 1440. The fourth-order valence-electron chi connectivity index (χ4n) is 4.01. The van der Waals surface area contributed by atoms with Crippen LogP contribution in [-0.4, -0.2) is 20.3 Å². The van der Waals surface area contributed by atoms with Gasteiger partial charge in [0.1, 0.15) is 5.82 Å². The molecule has 0 bridgehead atoms. The van der Waals surface area contributed by atoms with E-state index in [-0.39, 0.29) is 34.8 Å². The average Bonchev–Trinajstić information content (AvgIpc) is 3.08. The number of hydrogen-bond acceptors (Lipinski definition) is 4. The summed E-state index contributed by atoms with van der Waals surface area (Å²) in [7, 11) is 0. The first kappa shape index (κ1) is 21.2. The van der Waals surface area contributed by atoms with Gasteiger partial charge < -0.3 is 9.55 Å². The highest BCUT2D eigenvalue weighted by molar-refractivity contribution is 6.10. The fraction of sp³-hybridized carbons (Fsp3) is 0.167. The number of aromatic nitrogens is 2. The number of non-ortho nitro benzene ring substituents is 1. The summed E-state index contributed by atoms with van der Waals surface area (Å²) >= 11 is 0. The molecule has 4 rings (SSSR count). The number of hydrogen-bond donors (Lipinski definition) is 1. The highest BCUT2D eigenvalue weighted by Gasteiger charge is 2.24. The van der Waals surface area contributed by atoms with Crippen LogP contribution in [0.2, 0.25) is 0 Å². The Morgan fingerprint density at radius 2 is 1.97 bits per heavy atom. The first-order valence-electron chi connectivity index (χ1n) is 10.1. The molecule has 2 aromatic heterocycles. The highest BCUT2D eigenvalue weighted by atomic mass is 19.1. The van der Waals surface area contributed by atoms with E-state index in [1.807, 2.05) is 25.1 Å². The van der Waals surface area contributed by atoms with E-state index in [1.165, 1.54) is 19.2 Å². The third kappa shape index (κ3) is 3.60. The molecule has 2 heterocycles. The number of carbonyl (C=O) groups is 1. The summed E-state index contributed by atoms with van der Waals surface area (Å²) in [6.45, 7) is 3.28. The second kappa shape index (κ2) is 8.22. The largest absolute Gasteiger partial charge is 0.333 e. The van der Waals surface area contributed by atoms with Crippen LogP contribution in [0.1, 0.15) is 35.5 Å². The molecule has 0 radical (unpaired) electrons. The molecule has 0 spiro atoms. The molecule has 7 nitrogen and oxygen atoms in total. The van der Waals surface area contributed by atoms with E-state index in [9.17, 15) is 24.1 Å². The standard InChI is InChI=1S/C24H20FN3O4/c1-3-15-6-9-21-19(11-15)22(18-5-4-10-26-24(18)30)23(14(2)29)27(21)13-16-12-17(28(31)32)7-8-20(16)25/h4-12H,3,13H2,1-2H3,(H,26,30). The maximum absolute atomic E-state index is 14.6. The van der Waals surface area contributed by atoms with E-state index in [1.54, 1.807) is 16.7 Å². The highest BCUT2D eigenvalue weighted by Crippen LogP contribution is 2.35. The molecule has 0 atom stereocenters. The number of halogens is 1. The number of ketones is 1. The van der Waals surface area contributed by atoms with E-state index in [0.29, 0.717) is 22.0 Å². The van der Waals surface area contributed by atoms with Gasteiger partial charge in [0.2, 0.25) is 0 Å². The summed E-state index contributed by atoms with van der Waals surface area (Å²) in [5, 5.41) is 11.9. The number of pyridine rings is 1. The van der Waals surface area contributed by atoms with Gasteiger partial charge in [0, 0.05) is 52.8 Å². The molecule has 0 saturated heterocycles. The minimum atomic E-state index is -0.615. The van der Waals surface area contributed by atoms with Gasteiger partial charge in [-0.1, -0.05) is 13.0 Å². The Kier molecular flexibility index (Phi) is 5.44. The van der Waals surface area contributed by atoms with Crippen LogP contribution in [0.5, 0.6) is 0 Å². The Morgan fingerprint density at radius 3 is 2.62 bits per heavy atom. The molecule has 32 heavy (non-hydrogen) atoms. The lowest BCUT2D eigenvalue weighted by molar-refractivity contribution is -0.385. The van der Waals surface area contributed by atoms with Gasteiger partial charge in [-0.25, -0.2) is 4.39 Å². The molecule has 1 N–H and O–H groups in total. The zero-order valence-electron chi connectivity index (χ0n) is 17.5. The molecule has 4 aromatic rings. The van der Waals surface area contributed by atoms with Gasteiger partial charge >= 0.3 is 0 Å². The van der Waals surface area contributed by atoms with Crippen molar-refractivity contribution in [2.24, 2.45) is 0 Å². The molecule has 2 aromatic carbocycles. The van der Waals surface area contributed by atoms with Crippen molar-refractivity contribution in [2.75, 3.05) is 0 Å². The number of benzene rings is 2. The molecule has 0 aliphatic carbocycles. The summed E-state index contributed by atoms with van der Waals surface area (Å²) in [4.78, 5) is 38.7. The van der Waals surface area contributed by atoms with E-state index in [4.69, 9.17) is 0 Å². The Labute approximate surface area is 182 Å². The van der Waals surface area contributed by atoms with Crippen LogP contribution in [0.3, 0.4) is 0 Å². The number of Topliss-reactive ketones (excluding diaryl/α,β-unsaturated/α-hetero) is 1. The number of rotatable bonds is 6. The van der Waals surface area contributed by atoms with Crippen LogP contribution in [0, 0.1) is 15.9 Å². The second-order valence-corrected chi connectivity index (χ2v) is 7.52. The minimum absolute atomic E-state index is 0.0756. The molecule has 0 aliphatic rings. The number of carbonyl (C=O) groups excluding carboxylic acids is 1. The van der Waals surface area contributed by atoms with E-state index >= 15 is 0 Å². The smallest absolute Gasteiger partial charge is 0.269 e. The lowest BCUT2D eigenvalue weighted by Gasteiger charge is -2.11. The van der Waals surface area contributed by atoms with E-state index < -0.39 is 10.7 Å². The van der Waals surface area contributed by atoms with Crippen molar-refractivity contribution in [2.45, 2.75) is 26.8 Å². The Morgan fingerprint density at radius 1 is 1.19 bits per heavy atom. The Hall–Kier alpha value is -4.07. The molecule has 8 heteroatoms. The van der Waals surface area contributed by atoms with Crippen LogP contribution in [0.25, 0.3) is 22.0 Å². The molecular weight excluding hydrogens is 413 g/mol. The summed E-state index contributed by atoms with van der Waals surface area (Å²) in [5.41, 5.74) is 2.18. The molecule has 162 valence electrons. The van der Waals surface area contributed by atoms with E-state index in [0.717, 1.165) is 24.1 Å². The maximum atomic E-state index is 14.6. The number of H-pyrrole nitrogens is 1. The lowest BCUT2D eigenvalue weighted by atomic mass is 10.00. The van der Waals surface area contributed by atoms with Gasteiger partial charge in [-0.05, 0) is 42.3 Å². The van der Waals surface area contributed by atoms with Crippen molar-refractivity contribution in [1.82, 2.24) is 9.55 Å². The van der Waals surface area contributed by atoms with Crippen molar-refractivity contribution in [3.05, 3.63) is 97.8 Å². The number of aryl methyl sites for hydroxylation is 1. The van der Waals surface area contributed by atoms with Crippen molar-refractivity contribution in [3.63, 3.8) is 0 Å². The fourth-order valence-corrected chi connectivity index (χ4v) is 4.01. The normalized spacial score (nSPS) is 11.1. The van der Waals surface area contributed by atoms with Gasteiger partial charge in [-0.2, -0.15) is 0 Å². The maximum Gasteiger partial charge on any atom is 0.269 e. The summed E-state index contributed by atoms with van der Waals surface area (Å²) in [6.07, 6.45) is 2.26. The first-order chi connectivity index (χ1) is 15.3. The topological polar surface area (TPSA) is 98.0 Å². The molecule has 0 unspecified atom stereocenters. The molecular formula is C24H20FN3O4. The monoisotopic (exact) mass is 433 g/mol. The van der Waals surface area contributed by atoms with Crippen LogP contribution in [0.15, 0.2) is 59.5 Å². The van der Waals surface area contributed by atoms with Crippen molar-refractivity contribution in [1.29, 1.82) is 0 Å². The summed E-state index contributed by atoms with van der Waals surface area (Å²) < 4.78 is 16.2. The molecule has 0 aliphatic heterocycles. The van der Waals surface area contributed by atoms with Crippen LogP contribution in [0.4, 0.5) is 10.1 Å². The quantitative estimate of drug-likeness (QED) is 0.267. The van der Waals surface area contributed by atoms with Gasteiger partial charge in [0.05, 0.1) is 17.2 Å². The third-order valence-corrected chi connectivity index (χ3v) is 5.53. The van der Waals surface area contributed by atoms with Gasteiger partial charge in [0.25, 0.3) is 11.2 Å². The van der Waals surface area contributed by atoms with E-state index in [2.05, 4.69) is 4.98 Å². The number of fused-ring (bicyclic) bond motifs is 1. The van der Waals surface area contributed by atoms with Gasteiger partial charge in [-0.15, -0.1) is 0 Å². The molecule has 0 amide bonds. The zero-order chi connectivity index (χ0) is 23.0. The number of nitrogens with zero attached hydrogens (tertiary/aromatic N) is 2. The average molecular weight is 433 g/mol. The van der Waals surface area contributed by atoms with Gasteiger partial charge in [-0.3, -0.25) is 19.7 Å². The first-order valence-corrected chi connectivity index (χ1v) is 10.1. The summed E-state index contributed by atoms with van der Waals surface area (Å²) in [6, 6.07) is 12.3. The second-order valence-electron chi connectivity index (χ2n) is 7.52. The Balaban J connectivity index is 2.06. The van der Waals surface area contributed by atoms with Crippen LogP contribution >= 0.6 is 0 Å². The van der Waals surface area contributed by atoms with Crippen LogP contribution < -0.4 is 5.56 Å². The van der Waals surface area contributed by atoms with Crippen molar-refractivity contribution >= 4 is 22.4 Å². The predicted octanol–water partition coefficient (Wildman–Crippen LogP) is 4.86.